The number of hydrogen-bond donors (Lipinski definition) is 2. The molecule has 0 bridgehead atoms. The summed E-state index contributed by atoms with van der Waals surface area (Å²) in [6, 6.07) is 6.32. The molecule has 0 fully saturated rings. The molecule has 9 heteroatoms. The molecule has 1 aliphatic rings. The molecule has 0 saturated carbocycles. The van der Waals surface area contributed by atoms with E-state index >= 15 is 0 Å². The Bertz CT molecular complexity index is 815. The van der Waals surface area contributed by atoms with Crippen LogP contribution in [0.4, 0.5) is 5.82 Å². The SMILES string of the molecule is CCNC(=NCc1cccc(N(C)C)n1)NC1CCc2nc(C(C)C)nn2C1.I. The van der Waals surface area contributed by atoms with Crippen LogP contribution >= 0.6 is 24.0 Å². The molecular formula is C20H33IN8. The van der Waals surface area contributed by atoms with E-state index in [2.05, 4.69) is 46.5 Å². The van der Waals surface area contributed by atoms with Crippen LogP contribution in [0, 0.1) is 0 Å². The smallest absolute Gasteiger partial charge is 0.191 e. The number of guanidine groups is 1. The van der Waals surface area contributed by atoms with Crippen LogP contribution in [0.1, 0.15) is 50.5 Å². The predicted octanol–water partition coefficient (Wildman–Crippen LogP) is 2.55. The molecule has 1 atom stereocenters. The van der Waals surface area contributed by atoms with E-state index in [1.807, 2.05) is 41.9 Å². The summed E-state index contributed by atoms with van der Waals surface area (Å²) in [6.45, 7) is 8.51. The fourth-order valence-electron chi connectivity index (χ4n) is 3.17. The predicted molar refractivity (Wildman–Crippen MR) is 128 cm³/mol. The second-order valence-corrected chi connectivity index (χ2v) is 7.68. The first-order valence-corrected chi connectivity index (χ1v) is 10.1. The van der Waals surface area contributed by atoms with Crippen LogP contribution in [0.3, 0.4) is 0 Å². The van der Waals surface area contributed by atoms with Crippen molar-refractivity contribution in [2.24, 2.45) is 4.99 Å². The number of rotatable bonds is 6. The zero-order chi connectivity index (χ0) is 20.1. The first kappa shape index (κ1) is 23.4. The molecule has 0 radical (unpaired) electrons. The molecule has 0 saturated heterocycles. The van der Waals surface area contributed by atoms with Crippen LogP contribution in [0.5, 0.6) is 0 Å². The number of aliphatic imine (C=N–C) groups is 1. The zero-order valence-electron chi connectivity index (χ0n) is 18.0. The van der Waals surface area contributed by atoms with Gasteiger partial charge in [0, 0.05) is 39.0 Å². The van der Waals surface area contributed by atoms with Gasteiger partial charge in [0.1, 0.15) is 11.6 Å². The number of anilines is 1. The number of nitrogens with zero attached hydrogens (tertiary/aromatic N) is 6. The molecule has 1 unspecified atom stereocenters. The van der Waals surface area contributed by atoms with Crippen molar-refractivity contribution in [3.05, 3.63) is 35.5 Å². The molecule has 0 aromatic carbocycles. The average Bonchev–Trinajstić information content (AvgIpc) is 3.10. The number of halogens is 1. The van der Waals surface area contributed by atoms with E-state index in [9.17, 15) is 0 Å². The Morgan fingerprint density at radius 3 is 2.79 bits per heavy atom. The van der Waals surface area contributed by atoms with Gasteiger partial charge in [0.25, 0.3) is 0 Å². The normalized spacial score (nSPS) is 16.2. The highest BCUT2D eigenvalue weighted by atomic mass is 127. The molecule has 0 amide bonds. The van der Waals surface area contributed by atoms with Gasteiger partial charge in [-0.1, -0.05) is 19.9 Å². The molecule has 2 aromatic rings. The highest BCUT2D eigenvalue weighted by Gasteiger charge is 2.23. The third-order valence-corrected chi connectivity index (χ3v) is 4.73. The van der Waals surface area contributed by atoms with Crippen LogP contribution < -0.4 is 15.5 Å². The Kier molecular flexibility index (Phi) is 8.66. The average molecular weight is 512 g/mol. The van der Waals surface area contributed by atoms with E-state index < -0.39 is 0 Å². The van der Waals surface area contributed by atoms with Crippen LogP contribution in [0.2, 0.25) is 0 Å². The quantitative estimate of drug-likeness (QED) is 0.352. The first-order valence-electron chi connectivity index (χ1n) is 10.1. The Balaban J connectivity index is 0.00000300. The first-order chi connectivity index (χ1) is 13.5. The lowest BCUT2D eigenvalue weighted by atomic mass is 10.1. The van der Waals surface area contributed by atoms with Crippen molar-refractivity contribution >= 4 is 35.8 Å². The lowest BCUT2D eigenvalue weighted by Crippen LogP contribution is -2.47. The molecule has 160 valence electrons. The molecule has 3 heterocycles. The second-order valence-electron chi connectivity index (χ2n) is 7.68. The summed E-state index contributed by atoms with van der Waals surface area (Å²) in [6.07, 6.45) is 1.96. The Morgan fingerprint density at radius 2 is 2.10 bits per heavy atom. The number of pyridine rings is 1. The standard InChI is InChI=1S/C20H32N8.HI/c1-6-21-20(22-12-15-8-7-9-17(23-15)27(4)5)24-16-10-11-18-25-19(14(2)3)26-28(18)13-16;/h7-9,14,16H,6,10-13H2,1-5H3,(H2,21,22,24);1H. The van der Waals surface area contributed by atoms with E-state index in [4.69, 9.17) is 4.99 Å². The van der Waals surface area contributed by atoms with Crippen molar-refractivity contribution in [1.82, 2.24) is 30.4 Å². The molecule has 8 nitrogen and oxygen atoms in total. The maximum atomic E-state index is 4.74. The van der Waals surface area contributed by atoms with Gasteiger partial charge in [0.2, 0.25) is 0 Å². The molecule has 0 spiro atoms. The Labute approximate surface area is 190 Å². The van der Waals surface area contributed by atoms with Crippen LogP contribution in [-0.4, -0.2) is 52.4 Å². The number of aryl methyl sites for hydroxylation is 1. The van der Waals surface area contributed by atoms with Crippen molar-refractivity contribution in [3.8, 4) is 0 Å². The van der Waals surface area contributed by atoms with Gasteiger partial charge in [-0.3, -0.25) is 0 Å². The number of nitrogens with one attached hydrogen (secondary N) is 2. The topological polar surface area (TPSA) is 83.3 Å². The minimum absolute atomic E-state index is 0. The van der Waals surface area contributed by atoms with Gasteiger partial charge in [-0.25, -0.2) is 19.6 Å². The van der Waals surface area contributed by atoms with Crippen LogP contribution in [0.15, 0.2) is 23.2 Å². The molecular weight excluding hydrogens is 479 g/mol. The lowest BCUT2D eigenvalue weighted by Gasteiger charge is -2.25. The summed E-state index contributed by atoms with van der Waals surface area (Å²) in [5.74, 6) is 4.14. The number of hydrogen-bond acceptors (Lipinski definition) is 5. The zero-order valence-corrected chi connectivity index (χ0v) is 20.3. The number of fused-ring (bicyclic) bond motifs is 1. The molecule has 1 aliphatic heterocycles. The summed E-state index contributed by atoms with van der Waals surface area (Å²) in [5.41, 5.74) is 0.951. The van der Waals surface area contributed by atoms with Crippen molar-refractivity contribution < 1.29 is 0 Å². The fourth-order valence-corrected chi connectivity index (χ4v) is 3.17. The van der Waals surface area contributed by atoms with E-state index in [1.165, 1.54) is 0 Å². The van der Waals surface area contributed by atoms with Crippen molar-refractivity contribution in [3.63, 3.8) is 0 Å². The molecule has 2 aromatic heterocycles. The van der Waals surface area contributed by atoms with Crippen LogP contribution in [0.25, 0.3) is 0 Å². The van der Waals surface area contributed by atoms with Crippen molar-refractivity contribution in [2.75, 3.05) is 25.5 Å². The molecule has 29 heavy (non-hydrogen) atoms. The maximum Gasteiger partial charge on any atom is 0.191 e. The highest BCUT2D eigenvalue weighted by molar-refractivity contribution is 14.0. The van der Waals surface area contributed by atoms with E-state index in [0.717, 1.165) is 55.1 Å². The highest BCUT2D eigenvalue weighted by Crippen LogP contribution is 2.17. The van der Waals surface area contributed by atoms with Gasteiger partial charge in [-0.15, -0.1) is 24.0 Å². The van der Waals surface area contributed by atoms with Gasteiger partial charge in [0.05, 0.1) is 18.8 Å². The third-order valence-electron chi connectivity index (χ3n) is 4.73. The Hall–Kier alpha value is -1.91. The minimum atomic E-state index is 0. The van der Waals surface area contributed by atoms with Gasteiger partial charge in [-0.05, 0) is 25.5 Å². The van der Waals surface area contributed by atoms with Crippen molar-refractivity contribution in [1.29, 1.82) is 0 Å². The van der Waals surface area contributed by atoms with Crippen LogP contribution in [-0.2, 0) is 19.5 Å². The Morgan fingerprint density at radius 1 is 1.31 bits per heavy atom. The van der Waals surface area contributed by atoms with Gasteiger partial charge in [-0.2, -0.15) is 5.10 Å². The summed E-state index contributed by atoms with van der Waals surface area (Å²) in [7, 11) is 3.99. The summed E-state index contributed by atoms with van der Waals surface area (Å²) in [5, 5.41) is 11.6. The largest absolute Gasteiger partial charge is 0.363 e. The summed E-state index contributed by atoms with van der Waals surface area (Å²) < 4.78 is 2.04. The molecule has 2 N–H and O–H groups in total. The lowest BCUT2D eigenvalue weighted by molar-refractivity contribution is 0.391. The second kappa shape index (κ2) is 10.7. The van der Waals surface area contributed by atoms with E-state index in [-0.39, 0.29) is 30.0 Å². The van der Waals surface area contributed by atoms with Crippen molar-refractivity contribution in [2.45, 2.75) is 58.7 Å². The monoisotopic (exact) mass is 512 g/mol. The summed E-state index contributed by atoms with van der Waals surface area (Å²) in [4.78, 5) is 16.0. The number of aromatic nitrogens is 4. The molecule has 3 rings (SSSR count). The van der Waals surface area contributed by atoms with E-state index in [0.29, 0.717) is 12.5 Å². The summed E-state index contributed by atoms with van der Waals surface area (Å²) >= 11 is 0. The maximum absolute atomic E-state index is 4.74. The van der Waals surface area contributed by atoms with Gasteiger partial charge in [0.15, 0.2) is 11.8 Å². The van der Waals surface area contributed by atoms with Gasteiger partial charge >= 0.3 is 0 Å². The third kappa shape index (κ3) is 6.28. The van der Waals surface area contributed by atoms with E-state index in [1.54, 1.807) is 0 Å². The fraction of sp³-hybridized carbons (Fsp3) is 0.600. The van der Waals surface area contributed by atoms with Gasteiger partial charge < -0.3 is 15.5 Å². The minimum Gasteiger partial charge on any atom is -0.363 e. The molecule has 0 aliphatic carbocycles.